The van der Waals surface area contributed by atoms with E-state index in [1.807, 2.05) is 24.3 Å². The fourth-order valence-electron chi connectivity index (χ4n) is 2.67. The zero-order chi connectivity index (χ0) is 15.0. The minimum absolute atomic E-state index is 0.0792. The minimum atomic E-state index is -0.161. The summed E-state index contributed by atoms with van der Waals surface area (Å²) in [7, 11) is 0. The van der Waals surface area contributed by atoms with Crippen LogP contribution in [-0.2, 0) is 17.6 Å². The smallest absolute Gasteiger partial charge is 0.246 e. The van der Waals surface area contributed by atoms with Crippen molar-refractivity contribution >= 4 is 52.1 Å². The Morgan fingerprint density at radius 2 is 1.43 bits per heavy atom. The summed E-state index contributed by atoms with van der Waals surface area (Å²) >= 11 is 17.9. The van der Waals surface area contributed by atoms with Crippen LogP contribution in [0.2, 0.25) is 10.0 Å². The van der Waals surface area contributed by atoms with E-state index < -0.39 is 0 Å². The molecule has 0 spiro atoms. The van der Waals surface area contributed by atoms with Gasteiger partial charge in [-0.05, 0) is 60.4 Å². The lowest BCUT2D eigenvalue weighted by Gasteiger charge is -2.24. The molecule has 0 unspecified atom stereocenters. The van der Waals surface area contributed by atoms with Gasteiger partial charge in [0.15, 0.2) is 0 Å². The quantitative estimate of drug-likeness (QED) is 0.669. The number of carbonyl (C=O) groups is 1. The van der Waals surface area contributed by atoms with Crippen LogP contribution < -0.4 is 4.90 Å². The predicted molar refractivity (Wildman–Crippen MR) is 88.2 cm³/mol. The van der Waals surface area contributed by atoms with Gasteiger partial charge in [0.2, 0.25) is 5.91 Å². The SMILES string of the molecule is O=C(CCl)N1c2ccc(Cl)cc2CCc2cc(Cl)ccc21. The maximum absolute atomic E-state index is 12.3. The van der Waals surface area contributed by atoms with E-state index in [1.54, 1.807) is 17.0 Å². The highest BCUT2D eigenvalue weighted by atomic mass is 35.5. The van der Waals surface area contributed by atoms with Crippen molar-refractivity contribution in [2.24, 2.45) is 0 Å². The summed E-state index contributed by atoms with van der Waals surface area (Å²) in [6, 6.07) is 11.1. The third-order valence-electron chi connectivity index (χ3n) is 3.59. The Morgan fingerprint density at radius 1 is 0.952 bits per heavy atom. The van der Waals surface area contributed by atoms with E-state index in [9.17, 15) is 4.79 Å². The van der Waals surface area contributed by atoms with Crippen LogP contribution in [0, 0.1) is 0 Å². The highest BCUT2D eigenvalue weighted by Gasteiger charge is 2.25. The van der Waals surface area contributed by atoms with Crippen LogP contribution >= 0.6 is 34.8 Å². The second-order valence-electron chi connectivity index (χ2n) is 4.91. The lowest BCUT2D eigenvalue weighted by molar-refractivity contribution is -0.115. The van der Waals surface area contributed by atoms with Crippen LogP contribution in [0.1, 0.15) is 11.1 Å². The zero-order valence-electron chi connectivity index (χ0n) is 11.1. The molecule has 0 aromatic heterocycles. The number of nitrogens with zero attached hydrogens (tertiary/aromatic N) is 1. The molecule has 108 valence electrons. The molecule has 0 radical (unpaired) electrons. The average Bonchev–Trinajstić information content (AvgIpc) is 2.63. The first kappa shape index (κ1) is 14.7. The summed E-state index contributed by atoms with van der Waals surface area (Å²) in [6.45, 7) is 0. The van der Waals surface area contributed by atoms with Crippen LogP contribution in [0.25, 0.3) is 0 Å². The Balaban J connectivity index is 2.22. The summed E-state index contributed by atoms with van der Waals surface area (Å²) in [5.74, 6) is -0.241. The Labute approximate surface area is 138 Å². The van der Waals surface area contributed by atoms with E-state index in [-0.39, 0.29) is 11.8 Å². The lowest BCUT2D eigenvalue weighted by atomic mass is 10.0. The first-order valence-corrected chi connectivity index (χ1v) is 7.85. The number of rotatable bonds is 1. The summed E-state index contributed by atoms with van der Waals surface area (Å²) < 4.78 is 0. The topological polar surface area (TPSA) is 20.3 Å². The standard InChI is InChI=1S/C16H12Cl3NO/c17-9-16(21)20-14-5-3-12(18)7-10(14)1-2-11-8-13(19)4-6-15(11)20/h3-8H,1-2,9H2. The van der Waals surface area contributed by atoms with Crippen molar-refractivity contribution in [1.29, 1.82) is 0 Å². The number of anilines is 2. The van der Waals surface area contributed by atoms with Crippen molar-refractivity contribution in [2.75, 3.05) is 10.8 Å². The van der Waals surface area contributed by atoms with Crippen molar-refractivity contribution in [3.63, 3.8) is 0 Å². The third-order valence-corrected chi connectivity index (χ3v) is 4.29. The molecule has 1 heterocycles. The number of amides is 1. The van der Waals surface area contributed by atoms with E-state index in [0.29, 0.717) is 10.0 Å². The van der Waals surface area contributed by atoms with Crippen molar-refractivity contribution in [2.45, 2.75) is 12.8 Å². The highest BCUT2D eigenvalue weighted by molar-refractivity contribution is 6.32. The number of benzene rings is 2. The van der Waals surface area contributed by atoms with Gasteiger partial charge in [-0.25, -0.2) is 0 Å². The monoisotopic (exact) mass is 339 g/mol. The van der Waals surface area contributed by atoms with Gasteiger partial charge in [0.25, 0.3) is 0 Å². The molecule has 21 heavy (non-hydrogen) atoms. The van der Waals surface area contributed by atoms with Crippen LogP contribution in [0.5, 0.6) is 0 Å². The Kier molecular flexibility index (Phi) is 4.12. The van der Waals surface area contributed by atoms with Crippen molar-refractivity contribution < 1.29 is 4.79 Å². The Morgan fingerprint density at radius 3 is 1.86 bits per heavy atom. The largest absolute Gasteiger partial charge is 0.279 e. The molecule has 0 saturated carbocycles. The second-order valence-corrected chi connectivity index (χ2v) is 6.05. The van der Waals surface area contributed by atoms with Crippen molar-refractivity contribution in [3.8, 4) is 0 Å². The van der Waals surface area contributed by atoms with Crippen LogP contribution in [0.15, 0.2) is 36.4 Å². The number of aryl methyl sites for hydroxylation is 2. The maximum Gasteiger partial charge on any atom is 0.246 e. The molecule has 0 N–H and O–H groups in total. The van der Waals surface area contributed by atoms with Crippen LogP contribution in [-0.4, -0.2) is 11.8 Å². The van der Waals surface area contributed by atoms with E-state index in [1.165, 1.54) is 0 Å². The van der Waals surface area contributed by atoms with Crippen LogP contribution in [0.3, 0.4) is 0 Å². The third kappa shape index (κ3) is 2.76. The van der Waals surface area contributed by atoms with Gasteiger partial charge in [0.1, 0.15) is 5.88 Å². The molecule has 1 amide bonds. The first-order valence-electron chi connectivity index (χ1n) is 6.56. The minimum Gasteiger partial charge on any atom is -0.279 e. The normalized spacial score (nSPS) is 13.4. The maximum atomic E-state index is 12.3. The van der Waals surface area contributed by atoms with E-state index in [4.69, 9.17) is 34.8 Å². The van der Waals surface area contributed by atoms with Crippen molar-refractivity contribution in [1.82, 2.24) is 0 Å². The number of hydrogen-bond donors (Lipinski definition) is 0. The zero-order valence-corrected chi connectivity index (χ0v) is 13.3. The van der Waals surface area contributed by atoms with Gasteiger partial charge in [0.05, 0.1) is 11.4 Å². The van der Waals surface area contributed by atoms with E-state index in [2.05, 4.69) is 0 Å². The molecule has 1 aliphatic rings. The fourth-order valence-corrected chi connectivity index (χ4v) is 3.18. The Hall–Kier alpha value is -1.22. The van der Waals surface area contributed by atoms with Crippen molar-refractivity contribution in [3.05, 3.63) is 57.6 Å². The lowest BCUT2D eigenvalue weighted by Crippen LogP contribution is -2.27. The van der Waals surface area contributed by atoms with Crippen LogP contribution in [0.4, 0.5) is 11.4 Å². The number of carbonyl (C=O) groups excluding carboxylic acids is 1. The molecule has 0 bridgehead atoms. The summed E-state index contributed by atoms with van der Waals surface area (Å²) in [6.07, 6.45) is 1.60. The van der Waals surface area contributed by atoms with E-state index >= 15 is 0 Å². The molecule has 0 fully saturated rings. The highest BCUT2D eigenvalue weighted by Crippen LogP contribution is 2.38. The van der Waals surface area contributed by atoms with Gasteiger partial charge in [-0.15, -0.1) is 11.6 Å². The molecule has 2 aromatic carbocycles. The molecular weight excluding hydrogens is 329 g/mol. The summed E-state index contributed by atoms with van der Waals surface area (Å²) in [5, 5.41) is 1.33. The number of alkyl halides is 1. The molecule has 5 heteroatoms. The Bertz CT molecular complexity index is 661. The first-order chi connectivity index (χ1) is 10.1. The molecule has 0 atom stereocenters. The fraction of sp³-hybridized carbons (Fsp3) is 0.188. The molecule has 0 saturated heterocycles. The van der Waals surface area contributed by atoms with Gasteiger partial charge >= 0.3 is 0 Å². The number of hydrogen-bond acceptors (Lipinski definition) is 1. The van der Waals surface area contributed by atoms with E-state index in [0.717, 1.165) is 35.3 Å². The molecule has 2 aromatic rings. The summed E-state index contributed by atoms with van der Waals surface area (Å²) in [4.78, 5) is 14.0. The molecule has 0 aliphatic carbocycles. The molecule has 2 nitrogen and oxygen atoms in total. The second kappa shape index (κ2) is 5.88. The van der Waals surface area contributed by atoms with Gasteiger partial charge in [-0.1, -0.05) is 23.2 Å². The van der Waals surface area contributed by atoms with Gasteiger partial charge in [-0.3, -0.25) is 9.69 Å². The van der Waals surface area contributed by atoms with Gasteiger partial charge in [-0.2, -0.15) is 0 Å². The number of fused-ring (bicyclic) bond motifs is 2. The summed E-state index contributed by atoms with van der Waals surface area (Å²) in [5.41, 5.74) is 3.75. The molecular formula is C16H12Cl3NO. The predicted octanol–water partition coefficient (Wildman–Crippen LogP) is 5.00. The average molecular weight is 341 g/mol. The van der Waals surface area contributed by atoms with Gasteiger partial charge in [0, 0.05) is 10.0 Å². The molecule has 3 rings (SSSR count). The molecule has 1 aliphatic heterocycles. The van der Waals surface area contributed by atoms with Gasteiger partial charge < -0.3 is 0 Å². The number of halogens is 3.